The molecule has 0 unspecified atom stereocenters. The first-order valence-electron chi connectivity index (χ1n) is 5.96. The van der Waals surface area contributed by atoms with Gasteiger partial charge in [-0.05, 0) is 41.5 Å². The van der Waals surface area contributed by atoms with Crippen LogP contribution in [0.2, 0.25) is 0 Å². The van der Waals surface area contributed by atoms with Crippen molar-refractivity contribution >= 4 is 5.69 Å². The highest BCUT2D eigenvalue weighted by atomic mass is 15.1. The van der Waals surface area contributed by atoms with Crippen molar-refractivity contribution in [1.29, 1.82) is 0 Å². The Hall–Kier alpha value is -1.02. The lowest BCUT2D eigenvalue weighted by atomic mass is 10.0. The molecule has 0 radical (unpaired) electrons. The second-order valence-corrected chi connectivity index (χ2v) is 5.63. The van der Waals surface area contributed by atoms with E-state index in [-0.39, 0.29) is 0 Å². The summed E-state index contributed by atoms with van der Waals surface area (Å²) in [5.41, 5.74) is 8.88. The van der Waals surface area contributed by atoms with Crippen molar-refractivity contribution in [3.05, 3.63) is 29.8 Å². The molecule has 0 bridgehead atoms. The Labute approximate surface area is 98.4 Å². The van der Waals surface area contributed by atoms with Gasteiger partial charge < -0.3 is 10.6 Å². The molecule has 1 aliphatic carbocycles. The van der Waals surface area contributed by atoms with E-state index in [9.17, 15) is 0 Å². The molecule has 2 atom stereocenters. The third-order valence-electron chi connectivity index (χ3n) is 4.07. The summed E-state index contributed by atoms with van der Waals surface area (Å²) in [6.45, 7) is 5.43. The first-order chi connectivity index (χ1) is 7.48. The zero-order valence-corrected chi connectivity index (χ0v) is 10.7. The van der Waals surface area contributed by atoms with Crippen molar-refractivity contribution in [3.8, 4) is 0 Å². The van der Waals surface area contributed by atoms with Gasteiger partial charge in [0.25, 0.3) is 0 Å². The van der Waals surface area contributed by atoms with Crippen LogP contribution in [0.3, 0.4) is 0 Å². The summed E-state index contributed by atoms with van der Waals surface area (Å²) in [6, 6.07) is 8.88. The number of benzene rings is 1. The number of hydrogen-bond acceptors (Lipinski definition) is 2. The summed E-state index contributed by atoms with van der Waals surface area (Å²) < 4.78 is 0. The second kappa shape index (κ2) is 3.77. The molecule has 2 heteroatoms. The quantitative estimate of drug-likeness (QED) is 0.844. The smallest absolute Gasteiger partial charge is 0.0361 e. The standard InChI is InChI=1S/C14H22N2/c1-14(2)12(9-15)13(14)10-5-7-11(8-6-10)16(3)4/h5-8,12-13H,9,15H2,1-4H3/t12-,13-/m1/s1. The molecule has 0 amide bonds. The van der Waals surface area contributed by atoms with Crippen molar-refractivity contribution in [2.24, 2.45) is 17.1 Å². The van der Waals surface area contributed by atoms with Crippen LogP contribution in [0.15, 0.2) is 24.3 Å². The summed E-state index contributed by atoms with van der Waals surface area (Å²) in [7, 11) is 4.14. The Morgan fingerprint density at radius 2 is 1.75 bits per heavy atom. The lowest BCUT2D eigenvalue weighted by Crippen LogP contribution is -2.08. The summed E-state index contributed by atoms with van der Waals surface area (Å²) in [5, 5.41) is 0. The monoisotopic (exact) mass is 218 g/mol. The van der Waals surface area contributed by atoms with Crippen molar-refractivity contribution < 1.29 is 0 Å². The third kappa shape index (κ3) is 1.71. The minimum Gasteiger partial charge on any atom is -0.378 e. The first-order valence-corrected chi connectivity index (χ1v) is 5.96. The summed E-state index contributed by atoms with van der Waals surface area (Å²) in [5.74, 6) is 1.30. The van der Waals surface area contributed by atoms with E-state index >= 15 is 0 Å². The van der Waals surface area contributed by atoms with Gasteiger partial charge in [-0.15, -0.1) is 0 Å². The largest absolute Gasteiger partial charge is 0.378 e. The van der Waals surface area contributed by atoms with Gasteiger partial charge in [-0.3, -0.25) is 0 Å². The van der Waals surface area contributed by atoms with Crippen LogP contribution in [0.25, 0.3) is 0 Å². The van der Waals surface area contributed by atoms with Crippen molar-refractivity contribution in [1.82, 2.24) is 0 Å². The molecule has 0 saturated heterocycles. The molecule has 2 N–H and O–H groups in total. The highest BCUT2D eigenvalue weighted by Crippen LogP contribution is 2.63. The van der Waals surface area contributed by atoms with E-state index in [1.54, 1.807) is 0 Å². The molecule has 0 spiro atoms. The fourth-order valence-corrected chi connectivity index (χ4v) is 2.83. The molecule has 16 heavy (non-hydrogen) atoms. The van der Waals surface area contributed by atoms with E-state index in [0.29, 0.717) is 17.3 Å². The maximum atomic E-state index is 5.81. The van der Waals surface area contributed by atoms with Crippen LogP contribution in [-0.4, -0.2) is 20.6 Å². The molecule has 0 aromatic heterocycles. The van der Waals surface area contributed by atoms with E-state index in [0.717, 1.165) is 6.54 Å². The van der Waals surface area contributed by atoms with Crippen LogP contribution in [0.1, 0.15) is 25.3 Å². The van der Waals surface area contributed by atoms with Gasteiger partial charge in [-0.1, -0.05) is 26.0 Å². The molecule has 0 aliphatic heterocycles. The molecule has 1 aliphatic rings. The topological polar surface area (TPSA) is 29.3 Å². The fourth-order valence-electron chi connectivity index (χ4n) is 2.83. The molecule has 1 aromatic carbocycles. The SMILES string of the molecule is CN(C)c1ccc([C@@H]2[C@@H](CN)C2(C)C)cc1. The molecule has 0 heterocycles. The number of nitrogens with zero attached hydrogens (tertiary/aromatic N) is 1. The van der Waals surface area contributed by atoms with Crippen LogP contribution >= 0.6 is 0 Å². The van der Waals surface area contributed by atoms with Crippen LogP contribution in [0, 0.1) is 11.3 Å². The molecule has 1 saturated carbocycles. The van der Waals surface area contributed by atoms with Gasteiger partial charge in [-0.2, -0.15) is 0 Å². The lowest BCUT2D eigenvalue weighted by Gasteiger charge is -2.13. The summed E-state index contributed by atoms with van der Waals surface area (Å²) in [6.07, 6.45) is 0. The predicted molar refractivity (Wildman–Crippen MR) is 69.8 cm³/mol. The molecular formula is C14H22N2. The van der Waals surface area contributed by atoms with E-state index in [1.807, 2.05) is 0 Å². The van der Waals surface area contributed by atoms with E-state index < -0.39 is 0 Å². The van der Waals surface area contributed by atoms with Crippen LogP contribution in [0.5, 0.6) is 0 Å². The Bertz CT molecular complexity index is 365. The normalized spacial score (nSPS) is 26.6. The van der Waals surface area contributed by atoms with Crippen molar-refractivity contribution in [3.63, 3.8) is 0 Å². The summed E-state index contributed by atoms with van der Waals surface area (Å²) >= 11 is 0. The molecule has 1 aromatic rings. The average Bonchev–Trinajstić information content (AvgIpc) is 2.80. The van der Waals surface area contributed by atoms with Crippen LogP contribution in [-0.2, 0) is 0 Å². The zero-order chi connectivity index (χ0) is 11.9. The Morgan fingerprint density at radius 3 is 2.12 bits per heavy atom. The van der Waals surface area contributed by atoms with Crippen LogP contribution < -0.4 is 10.6 Å². The Balaban J connectivity index is 2.18. The fraction of sp³-hybridized carbons (Fsp3) is 0.571. The molecule has 2 rings (SSSR count). The maximum absolute atomic E-state index is 5.81. The average molecular weight is 218 g/mol. The second-order valence-electron chi connectivity index (χ2n) is 5.63. The van der Waals surface area contributed by atoms with Gasteiger partial charge in [0.05, 0.1) is 0 Å². The van der Waals surface area contributed by atoms with Gasteiger partial charge in [-0.25, -0.2) is 0 Å². The lowest BCUT2D eigenvalue weighted by molar-refractivity contribution is 0.558. The Kier molecular flexibility index (Phi) is 2.70. The van der Waals surface area contributed by atoms with Crippen molar-refractivity contribution in [2.75, 3.05) is 25.5 Å². The highest BCUT2D eigenvalue weighted by Gasteiger charge is 2.56. The van der Waals surface area contributed by atoms with E-state index in [1.165, 1.54) is 11.3 Å². The van der Waals surface area contributed by atoms with Gasteiger partial charge in [0.2, 0.25) is 0 Å². The van der Waals surface area contributed by atoms with Gasteiger partial charge >= 0.3 is 0 Å². The number of nitrogens with two attached hydrogens (primary N) is 1. The Morgan fingerprint density at radius 1 is 1.19 bits per heavy atom. The van der Waals surface area contributed by atoms with E-state index in [4.69, 9.17) is 5.73 Å². The predicted octanol–water partition coefficient (Wildman–Crippen LogP) is 2.45. The van der Waals surface area contributed by atoms with Crippen LogP contribution in [0.4, 0.5) is 5.69 Å². The first kappa shape index (κ1) is 11.5. The van der Waals surface area contributed by atoms with Gasteiger partial charge in [0.15, 0.2) is 0 Å². The zero-order valence-electron chi connectivity index (χ0n) is 10.7. The van der Waals surface area contributed by atoms with Gasteiger partial charge in [0, 0.05) is 19.8 Å². The number of anilines is 1. The highest BCUT2D eigenvalue weighted by molar-refractivity contribution is 5.48. The molecular weight excluding hydrogens is 196 g/mol. The molecule has 88 valence electrons. The molecule has 2 nitrogen and oxygen atoms in total. The van der Waals surface area contributed by atoms with Gasteiger partial charge in [0.1, 0.15) is 0 Å². The molecule has 1 fully saturated rings. The summed E-state index contributed by atoms with van der Waals surface area (Å²) in [4.78, 5) is 2.13. The minimum atomic E-state index is 0.383. The number of rotatable bonds is 3. The minimum absolute atomic E-state index is 0.383. The van der Waals surface area contributed by atoms with E-state index in [2.05, 4.69) is 57.1 Å². The maximum Gasteiger partial charge on any atom is 0.0361 e. The van der Waals surface area contributed by atoms with Crippen molar-refractivity contribution in [2.45, 2.75) is 19.8 Å². The number of hydrogen-bond donors (Lipinski definition) is 1. The third-order valence-corrected chi connectivity index (χ3v) is 4.07.